The van der Waals surface area contributed by atoms with Crippen LogP contribution in [0.3, 0.4) is 0 Å². The molecule has 3 heteroatoms. The topological polar surface area (TPSA) is 29.3 Å². The van der Waals surface area contributed by atoms with E-state index in [0.29, 0.717) is 0 Å². The van der Waals surface area contributed by atoms with Gasteiger partial charge in [-0.15, -0.1) is 0 Å². The average Bonchev–Trinajstić information content (AvgIpc) is 2.75. The number of nitrogen functional groups attached to an aromatic ring is 1. The van der Waals surface area contributed by atoms with Crippen molar-refractivity contribution in [1.82, 2.24) is 0 Å². The Bertz CT molecular complexity index is 566. The molecule has 0 saturated heterocycles. The average molecular weight is 289 g/mol. The Hall–Kier alpha value is -1.48. The third-order valence-corrected chi connectivity index (χ3v) is 3.88. The molecule has 0 saturated carbocycles. The molecule has 1 heterocycles. The monoisotopic (exact) mass is 288 g/mol. The fourth-order valence-corrected chi connectivity index (χ4v) is 2.86. The summed E-state index contributed by atoms with van der Waals surface area (Å²) in [7, 11) is 0. The van der Waals surface area contributed by atoms with E-state index in [1.165, 1.54) is 16.8 Å². The van der Waals surface area contributed by atoms with Crippen LogP contribution in [0.15, 0.2) is 46.9 Å². The lowest BCUT2D eigenvalue weighted by Crippen LogP contribution is -2.14. The number of para-hydroxylation sites is 1. The predicted octanol–water partition coefficient (Wildman–Crippen LogP) is 3.55. The smallest absolute Gasteiger partial charge is 0.0516 e. The molecule has 17 heavy (non-hydrogen) atoms. The summed E-state index contributed by atoms with van der Waals surface area (Å²) in [5.74, 6) is 0. The van der Waals surface area contributed by atoms with E-state index < -0.39 is 0 Å². The van der Waals surface area contributed by atoms with E-state index in [1.54, 1.807) is 0 Å². The molecule has 2 nitrogen and oxygen atoms in total. The Morgan fingerprint density at radius 2 is 1.82 bits per heavy atom. The van der Waals surface area contributed by atoms with Crippen LogP contribution in [0.1, 0.15) is 11.1 Å². The summed E-state index contributed by atoms with van der Waals surface area (Å²) in [6, 6.07) is 14.5. The number of anilines is 2. The minimum absolute atomic E-state index is 0.893. The zero-order valence-corrected chi connectivity index (χ0v) is 10.9. The predicted molar refractivity (Wildman–Crippen MR) is 74.9 cm³/mol. The van der Waals surface area contributed by atoms with Crippen LogP contribution in [0.5, 0.6) is 0 Å². The van der Waals surface area contributed by atoms with Crippen LogP contribution in [0.4, 0.5) is 11.4 Å². The number of rotatable bonds is 1. The Balaban J connectivity index is 1.97. The van der Waals surface area contributed by atoms with Crippen LogP contribution in [-0.4, -0.2) is 0 Å². The molecule has 0 spiro atoms. The summed E-state index contributed by atoms with van der Waals surface area (Å²) < 4.78 is 1.13. The van der Waals surface area contributed by atoms with Crippen LogP contribution in [0.25, 0.3) is 0 Å². The lowest BCUT2D eigenvalue weighted by molar-refractivity contribution is 0.878. The summed E-state index contributed by atoms with van der Waals surface area (Å²) in [5, 5.41) is 0. The standard InChI is InChI=1S/C14H13BrN2/c15-12-5-1-2-7-14(12)17-8-10-4-3-6-13(16)11(10)9-17/h1-7H,8-9,16H2. The maximum atomic E-state index is 6.01. The third kappa shape index (κ3) is 1.80. The lowest BCUT2D eigenvalue weighted by atomic mass is 10.1. The van der Waals surface area contributed by atoms with Gasteiger partial charge in [-0.1, -0.05) is 24.3 Å². The van der Waals surface area contributed by atoms with E-state index in [4.69, 9.17) is 5.73 Å². The van der Waals surface area contributed by atoms with Crippen LogP contribution >= 0.6 is 15.9 Å². The van der Waals surface area contributed by atoms with Gasteiger partial charge in [-0.2, -0.15) is 0 Å². The van der Waals surface area contributed by atoms with E-state index in [1.807, 2.05) is 18.2 Å². The zero-order chi connectivity index (χ0) is 11.8. The molecule has 0 bridgehead atoms. The fourth-order valence-electron chi connectivity index (χ4n) is 2.33. The number of halogens is 1. The second-order valence-corrected chi connectivity index (χ2v) is 5.15. The van der Waals surface area contributed by atoms with Crippen molar-refractivity contribution in [2.75, 3.05) is 10.6 Å². The first-order valence-electron chi connectivity index (χ1n) is 5.61. The molecule has 0 amide bonds. The van der Waals surface area contributed by atoms with Gasteiger partial charge >= 0.3 is 0 Å². The number of nitrogens with two attached hydrogens (primary N) is 1. The van der Waals surface area contributed by atoms with Crippen LogP contribution in [0.2, 0.25) is 0 Å². The van der Waals surface area contributed by atoms with Crippen molar-refractivity contribution >= 4 is 27.3 Å². The number of benzene rings is 2. The van der Waals surface area contributed by atoms with Gasteiger partial charge in [0.15, 0.2) is 0 Å². The summed E-state index contributed by atoms with van der Waals surface area (Å²) >= 11 is 3.60. The molecule has 0 fully saturated rings. The molecule has 2 aromatic rings. The Labute approximate surface area is 109 Å². The third-order valence-electron chi connectivity index (χ3n) is 3.21. The molecular weight excluding hydrogens is 276 g/mol. The molecule has 0 aromatic heterocycles. The van der Waals surface area contributed by atoms with E-state index in [9.17, 15) is 0 Å². The van der Waals surface area contributed by atoms with Crippen molar-refractivity contribution in [3.63, 3.8) is 0 Å². The number of nitrogens with zero attached hydrogens (tertiary/aromatic N) is 1. The highest BCUT2D eigenvalue weighted by molar-refractivity contribution is 9.10. The highest BCUT2D eigenvalue weighted by Crippen LogP contribution is 2.34. The molecule has 86 valence electrons. The molecular formula is C14H13BrN2. The number of hydrogen-bond acceptors (Lipinski definition) is 2. The molecule has 2 N–H and O–H groups in total. The first-order valence-corrected chi connectivity index (χ1v) is 6.41. The van der Waals surface area contributed by atoms with Gasteiger partial charge in [0.05, 0.1) is 5.69 Å². The minimum Gasteiger partial charge on any atom is -0.398 e. The SMILES string of the molecule is Nc1cccc2c1CN(c1ccccc1Br)C2. The molecule has 0 unspecified atom stereocenters. The highest BCUT2D eigenvalue weighted by Gasteiger charge is 2.21. The second-order valence-electron chi connectivity index (χ2n) is 4.29. The van der Waals surface area contributed by atoms with Gasteiger partial charge in [0.2, 0.25) is 0 Å². The van der Waals surface area contributed by atoms with Crippen molar-refractivity contribution in [2.45, 2.75) is 13.1 Å². The van der Waals surface area contributed by atoms with Crippen molar-refractivity contribution in [1.29, 1.82) is 0 Å². The summed E-state index contributed by atoms with van der Waals surface area (Å²) in [4.78, 5) is 2.34. The minimum atomic E-state index is 0.893. The lowest BCUT2D eigenvalue weighted by Gasteiger charge is -2.19. The van der Waals surface area contributed by atoms with Crippen LogP contribution < -0.4 is 10.6 Å². The Morgan fingerprint density at radius 3 is 2.59 bits per heavy atom. The Kier molecular flexibility index (Phi) is 2.56. The molecule has 0 radical (unpaired) electrons. The van der Waals surface area contributed by atoms with E-state index >= 15 is 0 Å². The largest absolute Gasteiger partial charge is 0.398 e. The van der Waals surface area contributed by atoms with Gasteiger partial charge in [-0.3, -0.25) is 0 Å². The van der Waals surface area contributed by atoms with E-state index in [2.05, 4.69) is 45.1 Å². The van der Waals surface area contributed by atoms with E-state index in [-0.39, 0.29) is 0 Å². The highest BCUT2D eigenvalue weighted by atomic mass is 79.9. The molecule has 0 aliphatic carbocycles. The van der Waals surface area contributed by atoms with Gasteiger partial charge in [0.25, 0.3) is 0 Å². The molecule has 1 aliphatic rings. The zero-order valence-electron chi connectivity index (χ0n) is 9.36. The first kappa shape index (κ1) is 10.7. The van der Waals surface area contributed by atoms with Crippen molar-refractivity contribution in [3.05, 3.63) is 58.1 Å². The van der Waals surface area contributed by atoms with Gasteiger partial charge in [0, 0.05) is 23.2 Å². The summed E-state index contributed by atoms with van der Waals surface area (Å²) in [6.07, 6.45) is 0. The second kappa shape index (κ2) is 4.08. The number of fused-ring (bicyclic) bond motifs is 1. The van der Waals surface area contributed by atoms with Crippen LogP contribution in [-0.2, 0) is 13.1 Å². The maximum absolute atomic E-state index is 6.01. The van der Waals surface area contributed by atoms with Gasteiger partial charge in [-0.25, -0.2) is 0 Å². The number of hydrogen-bond donors (Lipinski definition) is 1. The van der Waals surface area contributed by atoms with Crippen LogP contribution in [0, 0.1) is 0 Å². The summed E-state index contributed by atoms with van der Waals surface area (Å²) in [5.41, 5.74) is 10.7. The van der Waals surface area contributed by atoms with Gasteiger partial charge in [-0.05, 0) is 45.3 Å². The van der Waals surface area contributed by atoms with Crippen molar-refractivity contribution < 1.29 is 0 Å². The molecule has 0 atom stereocenters. The fraction of sp³-hybridized carbons (Fsp3) is 0.143. The Morgan fingerprint density at radius 1 is 1.00 bits per heavy atom. The summed E-state index contributed by atoms with van der Waals surface area (Å²) in [6.45, 7) is 1.83. The molecule has 3 rings (SSSR count). The van der Waals surface area contributed by atoms with Crippen molar-refractivity contribution in [2.24, 2.45) is 0 Å². The van der Waals surface area contributed by atoms with E-state index in [0.717, 1.165) is 23.2 Å². The molecule has 2 aromatic carbocycles. The van der Waals surface area contributed by atoms with Crippen molar-refractivity contribution in [3.8, 4) is 0 Å². The first-order chi connectivity index (χ1) is 8.25. The van der Waals surface area contributed by atoms with Gasteiger partial charge < -0.3 is 10.6 Å². The molecule has 1 aliphatic heterocycles. The maximum Gasteiger partial charge on any atom is 0.0516 e. The normalized spacial score (nSPS) is 13.8. The van der Waals surface area contributed by atoms with Gasteiger partial charge in [0.1, 0.15) is 0 Å². The quantitative estimate of drug-likeness (QED) is 0.813.